The Kier molecular flexibility index (Phi) is 4.52. The molecule has 0 unspecified atom stereocenters. The van der Waals surface area contributed by atoms with Gasteiger partial charge in [0.05, 0.1) is 11.4 Å². The second-order valence-corrected chi connectivity index (χ2v) is 6.65. The molecule has 2 aromatic rings. The number of amides is 2. The first-order chi connectivity index (χ1) is 13.5. The summed E-state index contributed by atoms with van der Waals surface area (Å²) < 4.78 is 10.6. The fourth-order valence-corrected chi connectivity index (χ4v) is 3.46. The van der Waals surface area contributed by atoms with E-state index < -0.39 is 17.8 Å². The van der Waals surface area contributed by atoms with Crippen LogP contribution in [-0.4, -0.2) is 41.1 Å². The highest BCUT2D eigenvalue weighted by Crippen LogP contribution is 2.41. The van der Waals surface area contributed by atoms with Gasteiger partial charge in [-0.15, -0.1) is 0 Å². The zero-order valence-electron chi connectivity index (χ0n) is 14.5. The van der Waals surface area contributed by atoms with Crippen LogP contribution < -0.4 is 9.47 Å². The van der Waals surface area contributed by atoms with Crippen LogP contribution >= 0.6 is 11.6 Å². The number of hydrogen-bond acceptors (Lipinski definition) is 5. The van der Waals surface area contributed by atoms with Crippen molar-refractivity contribution >= 4 is 41.0 Å². The highest BCUT2D eigenvalue weighted by Gasteiger charge is 2.34. The van der Waals surface area contributed by atoms with Gasteiger partial charge in [-0.25, -0.2) is 0 Å². The molecule has 2 aliphatic rings. The van der Waals surface area contributed by atoms with Gasteiger partial charge in [0, 0.05) is 17.7 Å². The summed E-state index contributed by atoms with van der Waals surface area (Å²) in [4.78, 5) is 37.5. The summed E-state index contributed by atoms with van der Waals surface area (Å²) in [5, 5.41) is 9.27. The maximum atomic E-state index is 13.0. The van der Waals surface area contributed by atoms with Gasteiger partial charge in [-0.1, -0.05) is 29.8 Å². The average Bonchev–Trinajstić information content (AvgIpc) is 3.14. The van der Waals surface area contributed by atoms with Crippen molar-refractivity contribution in [3.8, 4) is 11.5 Å². The lowest BCUT2D eigenvalue weighted by molar-refractivity contribution is -0.137. The third kappa shape index (κ3) is 3.10. The van der Waals surface area contributed by atoms with Crippen LogP contribution in [0.15, 0.2) is 36.4 Å². The molecule has 1 N–H and O–H groups in total. The SMILES string of the molecule is O=C(O)CCN1C(=O)C(=Cc2cc(Cl)c3c(c2)OCO3)c2ccccc2C1=O. The van der Waals surface area contributed by atoms with Crippen LogP contribution in [0.1, 0.15) is 27.9 Å². The first-order valence-corrected chi connectivity index (χ1v) is 8.81. The molecule has 0 spiro atoms. The Bertz CT molecular complexity index is 1040. The van der Waals surface area contributed by atoms with Gasteiger partial charge in [0.1, 0.15) is 0 Å². The van der Waals surface area contributed by atoms with Crippen molar-refractivity contribution in [2.45, 2.75) is 6.42 Å². The van der Waals surface area contributed by atoms with Crippen molar-refractivity contribution in [1.82, 2.24) is 4.90 Å². The number of rotatable bonds is 4. The van der Waals surface area contributed by atoms with Gasteiger partial charge in [-0.2, -0.15) is 0 Å². The lowest BCUT2D eigenvalue weighted by Crippen LogP contribution is -2.42. The molecule has 2 aliphatic heterocycles. The number of fused-ring (bicyclic) bond motifs is 2. The zero-order chi connectivity index (χ0) is 19.8. The predicted molar refractivity (Wildman–Crippen MR) is 100 cm³/mol. The first kappa shape index (κ1) is 18.1. The van der Waals surface area contributed by atoms with Crippen molar-refractivity contribution in [2.75, 3.05) is 13.3 Å². The molecule has 7 nitrogen and oxygen atoms in total. The molecule has 0 aliphatic carbocycles. The fraction of sp³-hybridized carbons (Fsp3) is 0.150. The summed E-state index contributed by atoms with van der Waals surface area (Å²) in [7, 11) is 0. The molecule has 28 heavy (non-hydrogen) atoms. The third-order valence-corrected chi connectivity index (χ3v) is 4.76. The molecular formula is C20H14ClNO6. The number of carboxylic acids is 1. The molecule has 0 saturated carbocycles. The fourth-order valence-electron chi connectivity index (χ4n) is 3.19. The van der Waals surface area contributed by atoms with E-state index in [9.17, 15) is 14.4 Å². The Hall–Kier alpha value is -3.32. The lowest BCUT2D eigenvalue weighted by atomic mass is 9.92. The van der Waals surface area contributed by atoms with Gasteiger partial charge in [0.25, 0.3) is 11.8 Å². The van der Waals surface area contributed by atoms with E-state index in [4.69, 9.17) is 26.2 Å². The van der Waals surface area contributed by atoms with Crippen LogP contribution in [-0.2, 0) is 9.59 Å². The number of halogens is 1. The quantitative estimate of drug-likeness (QED) is 0.627. The molecule has 8 heteroatoms. The molecule has 4 rings (SSSR count). The number of aliphatic carboxylic acids is 1. The van der Waals surface area contributed by atoms with Crippen molar-refractivity contribution in [2.24, 2.45) is 0 Å². The minimum Gasteiger partial charge on any atom is -0.481 e. The molecule has 0 radical (unpaired) electrons. The van der Waals surface area contributed by atoms with E-state index in [1.807, 2.05) is 0 Å². The number of hydrogen-bond donors (Lipinski definition) is 1. The topological polar surface area (TPSA) is 93.1 Å². The average molecular weight is 400 g/mol. The van der Waals surface area contributed by atoms with E-state index >= 15 is 0 Å². The summed E-state index contributed by atoms with van der Waals surface area (Å²) in [6.45, 7) is -0.144. The van der Waals surface area contributed by atoms with E-state index in [0.717, 1.165) is 4.90 Å². The van der Waals surface area contributed by atoms with Gasteiger partial charge < -0.3 is 14.6 Å². The van der Waals surface area contributed by atoms with Crippen molar-refractivity contribution in [3.05, 3.63) is 58.1 Å². The van der Waals surface area contributed by atoms with Crippen LogP contribution in [0.25, 0.3) is 11.6 Å². The molecule has 0 saturated heterocycles. The van der Waals surface area contributed by atoms with Crippen molar-refractivity contribution in [1.29, 1.82) is 0 Å². The molecule has 142 valence electrons. The first-order valence-electron chi connectivity index (χ1n) is 8.44. The van der Waals surface area contributed by atoms with Gasteiger partial charge in [0.15, 0.2) is 11.5 Å². The molecule has 0 fully saturated rings. The van der Waals surface area contributed by atoms with E-state index in [2.05, 4.69) is 0 Å². The molecule has 0 bridgehead atoms. The van der Waals surface area contributed by atoms with Crippen LogP contribution in [0, 0.1) is 0 Å². The molecule has 2 amide bonds. The van der Waals surface area contributed by atoms with Crippen molar-refractivity contribution in [3.63, 3.8) is 0 Å². The Morgan fingerprint density at radius 1 is 1.14 bits per heavy atom. The third-order valence-electron chi connectivity index (χ3n) is 4.48. The van der Waals surface area contributed by atoms with Gasteiger partial charge in [-0.3, -0.25) is 19.3 Å². The van der Waals surface area contributed by atoms with Gasteiger partial charge >= 0.3 is 5.97 Å². The van der Waals surface area contributed by atoms with Crippen LogP contribution in [0.5, 0.6) is 11.5 Å². The van der Waals surface area contributed by atoms with Crippen LogP contribution in [0.4, 0.5) is 0 Å². The monoisotopic (exact) mass is 399 g/mol. The van der Waals surface area contributed by atoms with E-state index in [0.29, 0.717) is 33.2 Å². The summed E-state index contributed by atoms with van der Waals surface area (Å²) >= 11 is 6.22. The molecule has 2 aromatic carbocycles. The number of carbonyl (C=O) groups excluding carboxylic acids is 2. The van der Waals surface area contributed by atoms with Crippen LogP contribution in [0.2, 0.25) is 5.02 Å². The number of imide groups is 1. The summed E-state index contributed by atoms with van der Waals surface area (Å²) in [6, 6.07) is 10.0. The zero-order valence-corrected chi connectivity index (χ0v) is 15.2. The summed E-state index contributed by atoms with van der Waals surface area (Å²) in [5.41, 5.74) is 1.69. The maximum absolute atomic E-state index is 13.0. The molecular weight excluding hydrogens is 386 g/mol. The molecule has 0 aromatic heterocycles. The lowest BCUT2D eigenvalue weighted by Gasteiger charge is -2.28. The molecule has 0 atom stereocenters. The minimum atomic E-state index is -1.09. The number of ether oxygens (including phenoxy) is 2. The largest absolute Gasteiger partial charge is 0.481 e. The number of carboxylic acid groups (broad SMARTS) is 1. The van der Waals surface area contributed by atoms with Gasteiger partial charge in [0.2, 0.25) is 6.79 Å². The van der Waals surface area contributed by atoms with Crippen LogP contribution in [0.3, 0.4) is 0 Å². The Balaban J connectivity index is 1.80. The minimum absolute atomic E-state index is 0.0638. The van der Waals surface area contributed by atoms with E-state index in [1.165, 1.54) is 0 Å². The number of carbonyl (C=O) groups is 3. The Morgan fingerprint density at radius 3 is 2.64 bits per heavy atom. The normalized spacial score (nSPS) is 16.5. The maximum Gasteiger partial charge on any atom is 0.305 e. The second-order valence-electron chi connectivity index (χ2n) is 6.25. The number of nitrogens with zero attached hydrogens (tertiary/aromatic N) is 1. The second kappa shape index (κ2) is 7.01. The Morgan fingerprint density at radius 2 is 1.89 bits per heavy atom. The summed E-state index contributed by atoms with van der Waals surface area (Å²) in [6.07, 6.45) is 1.28. The number of benzene rings is 2. The predicted octanol–water partition coefficient (Wildman–Crippen LogP) is 3.07. The standard InChI is InChI=1S/C20H14ClNO6/c21-15-8-11(9-16-18(15)28-10-27-16)7-14-12-3-1-2-4-13(12)19(25)22(20(14)26)6-5-17(23)24/h1-4,7-9H,5-6,10H2,(H,23,24). The highest BCUT2D eigenvalue weighted by atomic mass is 35.5. The molecule has 2 heterocycles. The van der Waals surface area contributed by atoms with E-state index in [-0.39, 0.29) is 25.3 Å². The van der Waals surface area contributed by atoms with Crippen molar-refractivity contribution < 1.29 is 29.0 Å². The van der Waals surface area contributed by atoms with E-state index in [1.54, 1.807) is 42.5 Å². The smallest absolute Gasteiger partial charge is 0.305 e. The summed E-state index contributed by atoms with van der Waals surface area (Å²) in [5.74, 6) is -1.25. The Labute approximate surface area is 164 Å². The highest BCUT2D eigenvalue weighted by molar-refractivity contribution is 6.34. The van der Waals surface area contributed by atoms with Gasteiger partial charge in [-0.05, 0) is 35.4 Å².